The molecule has 39 heavy (non-hydrogen) atoms. The first-order valence-corrected chi connectivity index (χ1v) is 7.91. The second-order valence-corrected chi connectivity index (χ2v) is 6.79. The fraction of sp³-hybridized carbons (Fsp3) is 0.846. The molecule has 0 amide bonds. The lowest BCUT2D eigenvalue weighted by Crippen LogP contribution is -2.76. The van der Waals surface area contributed by atoms with Crippen LogP contribution in [0, 0.1) is 0 Å². The van der Waals surface area contributed by atoms with Crippen molar-refractivity contribution in [3.8, 4) is 0 Å². The second kappa shape index (κ2) is 8.96. The van der Waals surface area contributed by atoms with E-state index in [9.17, 15) is 114 Å². The van der Waals surface area contributed by atoms with E-state index in [1.54, 1.807) is 0 Å². The minimum atomic E-state index is -9.57. The molecule has 0 saturated carbocycles. The van der Waals surface area contributed by atoms with E-state index < -0.39 is 77.3 Å². The molecule has 0 aliphatic carbocycles. The van der Waals surface area contributed by atoms with E-state index in [1.807, 2.05) is 0 Å². The standard InChI is InChI=1S/C13F26/c14-1(2(15)4(18,19)20)3(16,17)5(21,22)6(23,24)7(25,26)8(27,28)9(29,30)10(31,32)11(33,34)12(35,36)13(37,38)39. The summed E-state index contributed by atoms with van der Waals surface area (Å²) in [6.45, 7) is 0. The Bertz CT molecular complexity index is 938. The Morgan fingerprint density at radius 1 is 0.256 bits per heavy atom. The summed E-state index contributed by atoms with van der Waals surface area (Å²) in [5, 5.41) is 0. The first kappa shape index (κ1) is 36.9. The average Bonchev–Trinajstić information content (AvgIpc) is 2.69. The first-order chi connectivity index (χ1) is 16.3. The smallest absolute Gasteiger partial charge is 0.202 e. The summed E-state index contributed by atoms with van der Waals surface area (Å²) >= 11 is 0. The minimum absolute atomic E-state index is 5.19. The molecule has 0 aromatic heterocycles. The fourth-order valence-electron chi connectivity index (χ4n) is 1.96. The van der Waals surface area contributed by atoms with Gasteiger partial charge in [0, 0.05) is 0 Å². The van der Waals surface area contributed by atoms with Crippen molar-refractivity contribution in [1.29, 1.82) is 0 Å². The Kier molecular flexibility index (Phi) is 8.48. The van der Waals surface area contributed by atoms with Gasteiger partial charge in [0.25, 0.3) is 0 Å². The molecule has 0 N–H and O–H groups in total. The Balaban J connectivity index is 7.31. The topological polar surface area (TPSA) is 0 Å². The van der Waals surface area contributed by atoms with Crippen LogP contribution in [0.3, 0.4) is 0 Å². The number of hydrogen-bond acceptors (Lipinski definition) is 0. The molecule has 234 valence electrons. The third-order valence-corrected chi connectivity index (χ3v) is 4.23. The predicted octanol–water partition coefficient (Wildman–Crippen LogP) is 8.98. The van der Waals surface area contributed by atoms with Crippen LogP contribution in [0.5, 0.6) is 0 Å². The zero-order valence-corrected chi connectivity index (χ0v) is 16.3. The summed E-state index contributed by atoms with van der Waals surface area (Å²) in [5.41, 5.74) is 0. The molecule has 0 aromatic rings. The normalized spacial score (nSPS) is 17.4. The summed E-state index contributed by atoms with van der Waals surface area (Å²) in [4.78, 5) is 0. The highest BCUT2D eigenvalue weighted by Crippen LogP contribution is 2.66. The molecule has 0 nitrogen and oxygen atoms in total. The van der Waals surface area contributed by atoms with E-state index in [4.69, 9.17) is 0 Å². The molecule has 0 fully saturated rings. The third kappa shape index (κ3) is 4.59. The summed E-state index contributed by atoms with van der Waals surface area (Å²) in [6.07, 6.45) is -15.4. The van der Waals surface area contributed by atoms with Crippen LogP contribution in [0.2, 0.25) is 0 Å². The molecule has 0 aliphatic rings. The van der Waals surface area contributed by atoms with E-state index in [2.05, 4.69) is 0 Å². The summed E-state index contributed by atoms with van der Waals surface area (Å²) in [6, 6.07) is 0. The zero-order valence-electron chi connectivity index (χ0n) is 16.3. The van der Waals surface area contributed by atoms with Crippen molar-refractivity contribution in [2.75, 3.05) is 0 Å². The van der Waals surface area contributed by atoms with Crippen LogP contribution >= 0.6 is 0 Å². The van der Waals surface area contributed by atoms with Gasteiger partial charge in [0.05, 0.1) is 0 Å². The Labute approximate surface area is 193 Å². The Morgan fingerprint density at radius 3 is 0.667 bits per heavy atom. The monoisotopic (exact) mass is 650 g/mol. The molecule has 0 aliphatic heterocycles. The van der Waals surface area contributed by atoms with E-state index in [-0.39, 0.29) is 0 Å². The number of allylic oxidation sites excluding steroid dienone is 2. The lowest BCUT2D eigenvalue weighted by molar-refractivity contribution is -0.473. The molecule has 0 atom stereocenters. The van der Waals surface area contributed by atoms with Crippen molar-refractivity contribution in [3.63, 3.8) is 0 Å². The molecule has 0 unspecified atom stereocenters. The number of hydrogen-bond donors (Lipinski definition) is 0. The van der Waals surface area contributed by atoms with Gasteiger partial charge in [-0.15, -0.1) is 0 Å². The molecule has 26 heteroatoms. The van der Waals surface area contributed by atoms with Gasteiger partial charge in [-0.2, -0.15) is 110 Å². The van der Waals surface area contributed by atoms with E-state index in [0.717, 1.165) is 0 Å². The lowest BCUT2D eigenvalue weighted by atomic mass is 9.86. The van der Waals surface area contributed by atoms with Crippen molar-refractivity contribution in [3.05, 3.63) is 11.7 Å². The van der Waals surface area contributed by atoms with Gasteiger partial charge in [-0.3, -0.25) is 0 Å². The van der Waals surface area contributed by atoms with Gasteiger partial charge < -0.3 is 0 Å². The highest BCUT2D eigenvalue weighted by molar-refractivity contribution is 5.24. The molecular formula is C13F26. The van der Waals surface area contributed by atoms with Crippen LogP contribution in [-0.2, 0) is 0 Å². The molecular weight excluding hydrogens is 650 g/mol. The van der Waals surface area contributed by atoms with Crippen LogP contribution in [0.15, 0.2) is 11.7 Å². The van der Waals surface area contributed by atoms with E-state index in [0.29, 0.717) is 0 Å². The third-order valence-electron chi connectivity index (χ3n) is 4.23. The average molecular weight is 650 g/mol. The molecule has 0 aromatic carbocycles. The largest absolute Gasteiger partial charge is 0.460 e. The van der Waals surface area contributed by atoms with Crippen LogP contribution in [-0.4, -0.2) is 65.7 Å². The van der Waals surface area contributed by atoms with Crippen molar-refractivity contribution in [2.45, 2.75) is 65.7 Å². The molecule has 0 heterocycles. The highest BCUT2D eigenvalue weighted by atomic mass is 19.4. The first-order valence-electron chi connectivity index (χ1n) is 7.91. The molecule has 0 spiro atoms. The van der Waals surface area contributed by atoms with E-state index >= 15 is 0 Å². The van der Waals surface area contributed by atoms with Gasteiger partial charge in [0.15, 0.2) is 0 Å². The van der Waals surface area contributed by atoms with Gasteiger partial charge in [0.1, 0.15) is 0 Å². The van der Waals surface area contributed by atoms with Gasteiger partial charge in [-0.25, -0.2) is 4.39 Å². The SMILES string of the molecule is FC(=C(F)C(F)(F)C(F)(F)C(F)(F)C(F)(F)C(F)(F)C(F)(F)C(F)(F)C(F)(F)C(F)(F)C(F)(F)F)C(F)(F)F. The minimum Gasteiger partial charge on any atom is -0.202 e. The maximum absolute atomic E-state index is 13.4. The van der Waals surface area contributed by atoms with Crippen molar-refractivity contribution < 1.29 is 114 Å². The van der Waals surface area contributed by atoms with Crippen LogP contribution in [0.1, 0.15) is 0 Å². The quantitative estimate of drug-likeness (QED) is 0.219. The van der Waals surface area contributed by atoms with Crippen molar-refractivity contribution >= 4 is 0 Å². The highest BCUT2D eigenvalue weighted by Gasteiger charge is 2.98. The predicted molar refractivity (Wildman–Crippen MR) is 65.9 cm³/mol. The lowest BCUT2D eigenvalue weighted by Gasteiger charge is -2.44. The van der Waals surface area contributed by atoms with Gasteiger partial charge in [-0.1, -0.05) is 0 Å². The summed E-state index contributed by atoms with van der Waals surface area (Å²) in [7, 11) is 0. The van der Waals surface area contributed by atoms with Crippen LogP contribution in [0.4, 0.5) is 114 Å². The molecule has 0 bridgehead atoms. The van der Waals surface area contributed by atoms with Crippen molar-refractivity contribution in [2.24, 2.45) is 0 Å². The number of halogens is 26. The van der Waals surface area contributed by atoms with E-state index in [1.165, 1.54) is 0 Å². The zero-order chi connectivity index (χ0) is 32.7. The van der Waals surface area contributed by atoms with Gasteiger partial charge >= 0.3 is 65.7 Å². The molecule has 0 saturated heterocycles. The molecule has 0 radical (unpaired) electrons. The summed E-state index contributed by atoms with van der Waals surface area (Å²) < 4.78 is 334. The van der Waals surface area contributed by atoms with Crippen LogP contribution in [0.25, 0.3) is 0 Å². The molecule has 0 rings (SSSR count). The number of rotatable bonds is 9. The second-order valence-electron chi connectivity index (χ2n) is 6.79. The maximum atomic E-state index is 13.4. The number of alkyl halides is 24. The maximum Gasteiger partial charge on any atom is 0.460 e. The Morgan fingerprint density at radius 2 is 0.462 bits per heavy atom. The Hall–Kier alpha value is -2.08. The fourth-order valence-corrected chi connectivity index (χ4v) is 1.96. The van der Waals surface area contributed by atoms with Gasteiger partial charge in [-0.05, 0) is 0 Å². The van der Waals surface area contributed by atoms with Crippen molar-refractivity contribution in [1.82, 2.24) is 0 Å². The van der Waals surface area contributed by atoms with Crippen LogP contribution < -0.4 is 0 Å². The van der Waals surface area contributed by atoms with Gasteiger partial charge in [0.2, 0.25) is 11.7 Å². The summed E-state index contributed by atoms with van der Waals surface area (Å²) in [5.74, 6) is -93.4.